The van der Waals surface area contributed by atoms with Gasteiger partial charge >= 0.3 is 0 Å². The van der Waals surface area contributed by atoms with Gasteiger partial charge in [0.1, 0.15) is 5.75 Å². The lowest BCUT2D eigenvalue weighted by atomic mass is 9.76. The van der Waals surface area contributed by atoms with Gasteiger partial charge in [-0.25, -0.2) is 0 Å². The molecule has 0 fully saturated rings. The van der Waals surface area contributed by atoms with E-state index < -0.39 is 5.60 Å². The lowest BCUT2D eigenvalue weighted by Gasteiger charge is -2.32. The summed E-state index contributed by atoms with van der Waals surface area (Å²) >= 11 is 0. The Bertz CT molecular complexity index is 816. The third-order valence-electron chi connectivity index (χ3n) is 5.04. The molecule has 2 N–H and O–H groups in total. The minimum atomic E-state index is -1.22. The number of hydrogen-bond acceptors (Lipinski definition) is 3. The number of phenols is 1. The summed E-state index contributed by atoms with van der Waals surface area (Å²) in [7, 11) is 0. The third kappa shape index (κ3) is 4.90. The number of rotatable bonds is 3. The molecule has 1 atom stereocenters. The van der Waals surface area contributed by atoms with Crippen molar-refractivity contribution in [3.63, 3.8) is 0 Å². The van der Waals surface area contributed by atoms with Gasteiger partial charge < -0.3 is 10.2 Å². The second kappa shape index (κ2) is 6.94. The van der Waals surface area contributed by atoms with Crippen LogP contribution in [0.3, 0.4) is 0 Å². The fourth-order valence-electron chi connectivity index (χ4n) is 3.51. The number of pyridine rings is 1. The maximum Gasteiger partial charge on any atom is 0.125 e. The van der Waals surface area contributed by atoms with Gasteiger partial charge in [0.25, 0.3) is 0 Å². The largest absolute Gasteiger partial charge is 0.507 e. The summed E-state index contributed by atoms with van der Waals surface area (Å²) in [5, 5.41) is 22.4. The topological polar surface area (TPSA) is 53.4 Å². The van der Waals surface area contributed by atoms with Crippen LogP contribution in [0, 0.1) is 13.8 Å². The highest BCUT2D eigenvalue weighted by Gasteiger charge is 2.33. The smallest absolute Gasteiger partial charge is 0.125 e. The molecule has 0 bridgehead atoms. The summed E-state index contributed by atoms with van der Waals surface area (Å²) in [6, 6.07) is 8.04. The second-order valence-corrected chi connectivity index (χ2v) is 10.1. The Morgan fingerprint density at radius 1 is 0.815 bits per heavy atom. The van der Waals surface area contributed by atoms with Crippen LogP contribution in [0.25, 0.3) is 0 Å². The SMILES string of the molecule is Cc1cc(C)nc(CC(C)(O)c2cc(C(C)(C)C)cc(C(C)(C)C)c2O)c1. The first-order valence-corrected chi connectivity index (χ1v) is 9.66. The zero-order valence-electron chi connectivity index (χ0n) is 18.4. The molecule has 0 radical (unpaired) electrons. The maximum atomic E-state index is 11.4. The van der Waals surface area contributed by atoms with Gasteiger partial charge in [-0.3, -0.25) is 4.98 Å². The summed E-state index contributed by atoms with van der Waals surface area (Å²) in [6.07, 6.45) is 0.347. The van der Waals surface area contributed by atoms with E-state index >= 15 is 0 Å². The minimum absolute atomic E-state index is 0.0866. The molecule has 148 valence electrons. The molecule has 0 aliphatic carbocycles. The molecule has 3 heteroatoms. The number of phenolic OH excluding ortho intramolecular Hbond substituents is 1. The fraction of sp³-hybridized carbons (Fsp3) is 0.542. The van der Waals surface area contributed by atoms with Crippen LogP contribution in [0.4, 0.5) is 0 Å². The van der Waals surface area contributed by atoms with Gasteiger partial charge in [-0.05, 0) is 66.5 Å². The molecular weight excluding hydrogens is 334 g/mol. The quantitative estimate of drug-likeness (QED) is 0.756. The molecule has 0 saturated heterocycles. The summed E-state index contributed by atoms with van der Waals surface area (Å²) < 4.78 is 0. The molecule has 2 rings (SSSR count). The molecule has 27 heavy (non-hydrogen) atoms. The normalized spacial score (nSPS) is 14.9. The van der Waals surface area contributed by atoms with Gasteiger partial charge in [0.15, 0.2) is 0 Å². The Morgan fingerprint density at radius 2 is 1.37 bits per heavy atom. The molecule has 2 aromatic rings. The average Bonchev–Trinajstić information content (AvgIpc) is 2.42. The van der Waals surface area contributed by atoms with Crippen LogP contribution >= 0.6 is 0 Å². The van der Waals surface area contributed by atoms with Gasteiger partial charge in [0, 0.05) is 23.4 Å². The maximum absolute atomic E-state index is 11.4. The number of benzene rings is 1. The Balaban J connectivity index is 2.63. The summed E-state index contributed by atoms with van der Waals surface area (Å²) in [5.41, 5.74) is 3.88. The molecule has 1 heterocycles. The van der Waals surface area contributed by atoms with Crippen LogP contribution in [-0.4, -0.2) is 15.2 Å². The molecule has 3 nitrogen and oxygen atoms in total. The zero-order chi connectivity index (χ0) is 20.8. The lowest BCUT2D eigenvalue weighted by Crippen LogP contribution is -2.28. The third-order valence-corrected chi connectivity index (χ3v) is 5.04. The van der Waals surface area contributed by atoms with E-state index in [2.05, 4.69) is 52.6 Å². The van der Waals surface area contributed by atoms with Crippen molar-refractivity contribution < 1.29 is 10.2 Å². The van der Waals surface area contributed by atoms with Crippen molar-refractivity contribution in [3.8, 4) is 5.75 Å². The van der Waals surface area contributed by atoms with Crippen LogP contribution in [0.15, 0.2) is 24.3 Å². The fourth-order valence-corrected chi connectivity index (χ4v) is 3.51. The number of aromatic hydroxyl groups is 1. The van der Waals surface area contributed by atoms with Crippen molar-refractivity contribution in [2.24, 2.45) is 0 Å². The lowest BCUT2D eigenvalue weighted by molar-refractivity contribution is 0.0536. The zero-order valence-corrected chi connectivity index (χ0v) is 18.4. The second-order valence-electron chi connectivity index (χ2n) is 10.1. The summed E-state index contributed by atoms with van der Waals surface area (Å²) in [4.78, 5) is 4.58. The van der Waals surface area contributed by atoms with Crippen molar-refractivity contribution in [1.82, 2.24) is 4.98 Å². The minimum Gasteiger partial charge on any atom is -0.507 e. The van der Waals surface area contributed by atoms with Crippen LogP contribution in [0.2, 0.25) is 0 Å². The highest BCUT2D eigenvalue weighted by Crippen LogP contribution is 2.42. The van der Waals surface area contributed by atoms with Crippen molar-refractivity contribution in [3.05, 3.63) is 57.9 Å². The number of hydrogen-bond donors (Lipinski definition) is 2. The van der Waals surface area contributed by atoms with E-state index in [4.69, 9.17) is 0 Å². The highest BCUT2D eigenvalue weighted by molar-refractivity contribution is 5.51. The standard InChI is InChI=1S/C24H35NO2/c1-15-10-16(2)25-18(11-15)14-24(9,27)20-13-17(22(3,4)5)12-19(21(20)26)23(6,7)8/h10-13,26-27H,14H2,1-9H3. The van der Waals surface area contributed by atoms with Crippen molar-refractivity contribution in [2.45, 2.75) is 85.2 Å². The van der Waals surface area contributed by atoms with Gasteiger partial charge in [0.05, 0.1) is 5.60 Å². The van der Waals surface area contributed by atoms with E-state index in [1.165, 1.54) is 0 Å². The van der Waals surface area contributed by atoms with Crippen LogP contribution in [0.5, 0.6) is 5.75 Å². The molecule has 0 aliphatic rings. The Kier molecular flexibility index (Phi) is 5.51. The van der Waals surface area contributed by atoms with Crippen LogP contribution in [-0.2, 0) is 22.9 Å². The number of nitrogens with zero attached hydrogens (tertiary/aromatic N) is 1. The van der Waals surface area contributed by atoms with Crippen LogP contribution < -0.4 is 0 Å². The monoisotopic (exact) mass is 369 g/mol. The number of aromatic nitrogens is 1. The molecular formula is C24H35NO2. The van der Waals surface area contributed by atoms with E-state index in [1.54, 1.807) is 6.92 Å². The summed E-state index contributed by atoms with van der Waals surface area (Å²) in [6.45, 7) is 18.4. The van der Waals surface area contributed by atoms with Crippen molar-refractivity contribution in [2.75, 3.05) is 0 Å². The molecule has 0 spiro atoms. The van der Waals surface area contributed by atoms with Gasteiger partial charge in [-0.15, -0.1) is 0 Å². The van der Waals surface area contributed by atoms with Gasteiger partial charge in [0.2, 0.25) is 0 Å². The van der Waals surface area contributed by atoms with Gasteiger partial charge in [-0.1, -0.05) is 47.6 Å². The average molecular weight is 370 g/mol. The van der Waals surface area contributed by atoms with E-state index in [9.17, 15) is 10.2 Å². The molecule has 0 amide bonds. The molecule has 1 aromatic heterocycles. The Hall–Kier alpha value is -1.87. The number of aryl methyl sites for hydroxylation is 2. The summed E-state index contributed by atoms with van der Waals surface area (Å²) in [5.74, 6) is 0.185. The highest BCUT2D eigenvalue weighted by atomic mass is 16.3. The molecule has 1 aromatic carbocycles. The van der Waals surface area contributed by atoms with E-state index in [0.29, 0.717) is 12.0 Å². The molecule has 1 unspecified atom stereocenters. The van der Waals surface area contributed by atoms with Gasteiger partial charge in [-0.2, -0.15) is 0 Å². The van der Waals surface area contributed by atoms with Crippen molar-refractivity contribution >= 4 is 0 Å². The van der Waals surface area contributed by atoms with Crippen molar-refractivity contribution in [1.29, 1.82) is 0 Å². The number of aliphatic hydroxyl groups is 1. The molecule has 0 aliphatic heterocycles. The Morgan fingerprint density at radius 3 is 1.85 bits per heavy atom. The van der Waals surface area contributed by atoms with E-state index in [1.807, 2.05) is 32.0 Å². The first kappa shape index (κ1) is 21.4. The van der Waals surface area contributed by atoms with E-state index in [0.717, 1.165) is 28.1 Å². The first-order chi connectivity index (χ1) is 12.1. The van der Waals surface area contributed by atoms with Crippen LogP contribution in [0.1, 0.15) is 82.1 Å². The van der Waals surface area contributed by atoms with E-state index in [-0.39, 0.29) is 16.6 Å². The predicted octanol–water partition coefficient (Wildman–Crippen LogP) is 5.45. The Labute approximate surface area is 164 Å². The first-order valence-electron chi connectivity index (χ1n) is 9.66. The predicted molar refractivity (Wildman–Crippen MR) is 112 cm³/mol. The molecule has 0 saturated carbocycles.